The summed E-state index contributed by atoms with van der Waals surface area (Å²) < 4.78 is 0. The molecule has 0 bridgehead atoms. The molecule has 5 nitrogen and oxygen atoms in total. The van der Waals surface area contributed by atoms with Crippen LogP contribution in [0.1, 0.15) is 21.6 Å². The van der Waals surface area contributed by atoms with Crippen LogP contribution in [0.2, 0.25) is 0 Å². The molecule has 5 heteroatoms. The maximum absolute atomic E-state index is 10.9. The van der Waals surface area contributed by atoms with Gasteiger partial charge in [-0.3, -0.25) is 4.98 Å². The Bertz CT molecular complexity index is 594. The van der Waals surface area contributed by atoms with Crippen molar-refractivity contribution in [3.05, 3.63) is 65.5 Å². The average molecular weight is 242 g/mol. The summed E-state index contributed by atoms with van der Waals surface area (Å²) >= 11 is 0. The van der Waals surface area contributed by atoms with E-state index in [2.05, 4.69) is 10.1 Å². The summed E-state index contributed by atoms with van der Waals surface area (Å²) in [6.07, 6.45) is 1.37. The van der Waals surface area contributed by atoms with E-state index in [1.165, 1.54) is 18.3 Å². The minimum Gasteiger partial charge on any atom is -0.478 e. The predicted molar refractivity (Wildman–Crippen MR) is 65.1 cm³/mol. The van der Waals surface area contributed by atoms with Gasteiger partial charge in [0.15, 0.2) is 0 Å². The van der Waals surface area contributed by atoms with Crippen molar-refractivity contribution in [2.75, 3.05) is 0 Å². The van der Waals surface area contributed by atoms with Crippen molar-refractivity contribution < 1.29 is 15.1 Å². The summed E-state index contributed by atoms with van der Waals surface area (Å²) in [4.78, 5) is 14.9. The van der Waals surface area contributed by atoms with E-state index in [1.807, 2.05) is 6.07 Å². The highest BCUT2D eigenvalue weighted by Gasteiger charge is 2.11. The summed E-state index contributed by atoms with van der Waals surface area (Å²) in [7, 11) is 0. The second-order valence-electron chi connectivity index (χ2n) is 3.55. The number of carboxylic acids is 1. The maximum Gasteiger partial charge on any atom is 0.335 e. The number of benzene rings is 1. The smallest absolute Gasteiger partial charge is 0.335 e. The molecule has 90 valence electrons. The number of hydrogen-bond acceptors (Lipinski definition) is 4. The predicted octanol–water partition coefficient (Wildman–Crippen LogP) is 2.01. The minimum absolute atomic E-state index is 0.0945. The molecule has 0 aliphatic carbocycles. The molecule has 0 radical (unpaired) electrons. The maximum atomic E-state index is 10.9. The molecule has 0 aliphatic rings. The van der Waals surface area contributed by atoms with Gasteiger partial charge in [0, 0.05) is 11.8 Å². The third kappa shape index (κ3) is 2.35. The molecule has 0 aliphatic heterocycles. The molecular weight excluding hydrogens is 232 g/mol. The van der Waals surface area contributed by atoms with Gasteiger partial charge < -0.3 is 10.3 Å². The van der Waals surface area contributed by atoms with Crippen molar-refractivity contribution in [2.45, 2.75) is 0 Å². The zero-order valence-corrected chi connectivity index (χ0v) is 9.32. The first-order chi connectivity index (χ1) is 8.72. The standard InChI is InChI=1S/C13H10N2O3/c16-13(17)10-6-7-14-11(8-10)12(15-18)9-4-2-1-3-5-9/h1-8,18H,(H,16,17)/b15-12-. The molecule has 0 unspecified atom stereocenters. The Kier molecular flexibility index (Phi) is 3.33. The Morgan fingerprint density at radius 2 is 1.83 bits per heavy atom. The number of hydrogen-bond donors (Lipinski definition) is 2. The van der Waals surface area contributed by atoms with E-state index in [1.54, 1.807) is 24.3 Å². The third-order valence-corrected chi connectivity index (χ3v) is 2.40. The molecule has 0 saturated carbocycles. The lowest BCUT2D eigenvalue weighted by Gasteiger charge is -2.04. The van der Waals surface area contributed by atoms with Gasteiger partial charge in [-0.1, -0.05) is 35.5 Å². The summed E-state index contributed by atoms with van der Waals surface area (Å²) in [5.41, 5.74) is 1.30. The second-order valence-corrected chi connectivity index (χ2v) is 3.55. The van der Waals surface area contributed by atoms with Crippen LogP contribution in [-0.2, 0) is 0 Å². The Hall–Kier alpha value is -2.69. The summed E-state index contributed by atoms with van der Waals surface area (Å²) in [6, 6.07) is 11.7. The highest BCUT2D eigenvalue weighted by atomic mass is 16.4. The Labute approximate surface area is 103 Å². The van der Waals surface area contributed by atoms with E-state index in [0.717, 1.165) is 0 Å². The molecular formula is C13H10N2O3. The Morgan fingerprint density at radius 1 is 1.11 bits per heavy atom. The normalized spacial score (nSPS) is 11.2. The monoisotopic (exact) mass is 242 g/mol. The van der Waals surface area contributed by atoms with E-state index in [9.17, 15) is 4.79 Å². The van der Waals surface area contributed by atoms with Crippen molar-refractivity contribution in [1.82, 2.24) is 4.98 Å². The van der Waals surface area contributed by atoms with Gasteiger partial charge in [0.05, 0.1) is 11.3 Å². The molecule has 2 N–H and O–H groups in total. The zero-order valence-electron chi connectivity index (χ0n) is 9.32. The van der Waals surface area contributed by atoms with Crippen molar-refractivity contribution in [1.29, 1.82) is 0 Å². The van der Waals surface area contributed by atoms with Crippen molar-refractivity contribution in [3.63, 3.8) is 0 Å². The Morgan fingerprint density at radius 3 is 2.44 bits per heavy atom. The van der Waals surface area contributed by atoms with Gasteiger partial charge in [-0.05, 0) is 12.1 Å². The number of aromatic nitrogens is 1. The van der Waals surface area contributed by atoms with Crippen LogP contribution >= 0.6 is 0 Å². The second kappa shape index (κ2) is 5.09. The van der Waals surface area contributed by atoms with E-state index >= 15 is 0 Å². The third-order valence-electron chi connectivity index (χ3n) is 2.40. The van der Waals surface area contributed by atoms with Crippen LogP contribution in [0.5, 0.6) is 0 Å². The van der Waals surface area contributed by atoms with E-state index in [-0.39, 0.29) is 11.3 Å². The molecule has 1 heterocycles. The highest BCUT2D eigenvalue weighted by molar-refractivity contribution is 6.12. The van der Waals surface area contributed by atoms with E-state index in [4.69, 9.17) is 10.3 Å². The molecule has 0 fully saturated rings. The molecule has 2 aromatic rings. The quantitative estimate of drug-likeness (QED) is 0.490. The lowest BCUT2D eigenvalue weighted by Crippen LogP contribution is -2.08. The van der Waals surface area contributed by atoms with Crippen LogP contribution in [0.15, 0.2) is 53.8 Å². The van der Waals surface area contributed by atoms with Crippen LogP contribution < -0.4 is 0 Å². The molecule has 2 rings (SSSR count). The summed E-state index contributed by atoms with van der Waals surface area (Å²) in [5, 5.41) is 21.2. The average Bonchev–Trinajstić information content (AvgIpc) is 2.41. The minimum atomic E-state index is -1.05. The molecule has 1 aromatic carbocycles. The van der Waals surface area contributed by atoms with E-state index < -0.39 is 5.97 Å². The number of nitrogens with zero attached hydrogens (tertiary/aromatic N) is 2. The van der Waals surface area contributed by atoms with Gasteiger partial charge in [-0.15, -0.1) is 0 Å². The first-order valence-electron chi connectivity index (χ1n) is 5.19. The van der Waals surface area contributed by atoms with Gasteiger partial charge in [-0.2, -0.15) is 0 Å². The lowest BCUT2D eigenvalue weighted by atomic mass is 10.1. The fourth-order valence-electron chi connectivity index (χ4n) is 1.55. The van der Waals surface area contributed by atoms with Crippen molar-refractivity contribution in [3.8, 4) is 0 Å². The van der Waals surface area contributed by atoms with E-state index in [0.29, 0.717) is 11.3 Å². The number of carboxylic acid groups (broad SMARTS) is 1. The molecule has 0 amide bonds. The Balaban J connectivity index is 2.47. The molecule has 0 saturated heterocycles. The number of aromatic carboxylic acids is 1. The first kappa shape index (κ1) is 11.8. The van der Waals surface area contributed by atoms with Gasteiger partial charge in [-0.25, -0.2) is 4.79 Å². The number of oxime groups is 1. The zero-order chi connectivity index (χ0) is 13.0. The van der Waals surface area contributed by atoms with Gasteiger partial charge in [0.25, 0.3) is 0 Å². The highest BCUT2D eigenvalue weighted by Crippen LogP contribution is 2.10. The molecule has 18 heavy (non-hydrogen) atoms. The fourth-order valence-corrected chi connectivity index (χ4v) is 1.55. The van der Waals surface area contributed by atoms with Crippen LogP contribution in [0.4, 0.5) is 0 Å². The SMILES string of the molecule is O=C(O)c1ccnc(/C(=N\O)c2ccccc2)c1. The van der Waals surface area contributed by atoms with Crippen molar-refractivity contribution >= 4 is 11.7 Å². The van der Waals surface area contributed by atoms with Gasteiger partial charge in [0.2, 0.25) is 0 Å². The van der Waals surface area contributed by atoms with Crippen molar-refractivity contribution in [2.24, 2.45) is 5.16 Å². The number of pyridine rings is 1. The number of rotatable bonds is 3. The lowest BCUT2D eigenvalue weighted by molar-refractivity contribution is 0.0696. The van der Waals surface area contributed by atoms with Crippen LogP contribution in [0.3, 0.4) is 0 Å². The molecule has 1 aromatic heterocycles. The first-order valence-corrected chi connectivity index (χ1v) is 5.19. The fraction of sp³-hybridized carbons (Fsp3) is 0. The van der Waals surface area contributed by atoms with Crippen LogP contribution in [0.25, 0.3) is 0 Å². The molecule has 0 atom stereocenters. The number of carbonyl (C=O) groups is 1. The molecule has 0 spiro atoms. The van der Waals surface area contributed by atoms with Crippen LogP contribution in [-0.4, -0.2) is 27.0 Å². The summed E-state index contributed by atoms with van der Waals surface area (Å²) in [6.45, 7) is 0. The van der Waals surface area contributed by atoms with Gasteiger partial charge in [0.1, 0.15) is 5.71 Å². The topological polar surface area (TPSA) is 82.8 Å². The summed E-state index contributed by atoms with van der Waals surface area (Å²) in [5.74, 6) is -1.05. The van der Waals surface area contributed by atoms with Crippen LogP contribution in [0, 0.1) is 0 Å². The van der Waals surface area contributed by atoms with Gasteiger partial charge >= 0.3 is 5.97 Å². The largest absolute Gasteiger partial charge is 0.478 e.